The van der Waals surface area contributed by atoms with Crippen molar-refractivity contribution >= 4 is 56.8 Å². The van der Waals surface area contributed by atoms with Gasteiger partial charge in [0, 0.05) is 17.2 Å². The Balaban J connectivity index is 1.69. The Morgan fingerprint density at radius 3 is 2.59 bits per heavy atom. The first-order valence-corrected chi connectivity index (χ1v) is 12.9. The summed E-state index contributed by atoms with van der Waals surface area (Å²) >= 11 is 10.9. The third kappa shape index (κ3) is 6.84. The van der Waals surface area contributed by atoms with Gasteiger partial charge in [-0.15, -0.1) is 10.2 Å². The van der Waals surface area contributed by atoms with Crippen molar-refractivity contribution in [1.82, 2.24) is 20.1 Å². The predicted molar refractivity (Wildman–Crippen MR) is 140 cm³/mol. The van der Waals surface area contributed by atoms with Crippen LogP contribution in [0, 0.1) is 12.8 Å². The van der Waals surface area contributed by atoms with Gasteiger partial charge in [0.15, 0.2) is 11.0 Å². The number of nitrogens with zero attached hydrogens (tertiary/aromatic N) is 3. The van der Waals surface area contributed by atoms with Crippen LogP contribution >= 0.6 is 39.3 Å². The van der Waals surface area contributed by atoms with Gasteiger partial charge in [-0.3, -0.25) is 9.59 Å². The zero-order valence-electron chi connectivity index (χ0n) is 19.4. The molecule has 0 aliphatic carbocycles. The minimum atomic E-state index is -0.352. The predicted octanol–water partition coefficient (Wildman–Crippen LogP) is 5.79. The molecular formula is C24H27BrClN5O2S. The number of nitrogens with one attached hydrogen (secondary N) is 2. The van der Waals surface area contributed by atoms with Gasteiger partial charge in [-0.2, -0.15) is 0 Å². The summed E-state index contributed by atoms with van der Waals surface area (Å²) in [5.41, 5.74) is 2.15. The van der Waals surface area contributed by atoms with Crippen molar-refractivity contribution < 1.29 is 9.59 Å². The Morgan fingerprint density at radius 1 is 1.18 bits per heavy atom. The summed E-state index contributed by atoms with van der Waals surface area (Å²) in [6, 6.07) is 12.3. The van der Waals surface area contributed by atoms with Crippen molar-refractivity contribution in [3.63, 3.8) is 0 Å². The Hall–Kier alpha value is -2.36. The maximum absolute atomic E-state index is 12.9. The smallest absolute Gasteiger partial charge is 0.253 e. The number of amides is 2. The van der Waals surface area contributed by atoms with Gasteiger partial charge in [0.1, 0.15) is 0 Å². The number of carbonyl (C=O) groups is 2. The number of benzene rings is 2. The Kier molecular flexibility index (Phi) is 9.16. The average molecular weight is 565 g/mol. The molecule has 0 saturated heterocycles. The van der Waals surface area contributed by atoms with Crippen LogP contribution in [0.1, 0.15) is 48.1 Å². The molecular weight excluding hydrogens is 538 g/mol. The fourth-order valence-electron chi connectivity index (χ4n) is 3.42. The van der Waals surface area contributed by atoms with Crippen LogP contribution in [0.15, 0.2) is 52.1 Å². The molecule has 0 radical (unpaired) electrons. The molecule has 180 valence electrons. The zero-order valence-corrected chi connectivity index (χ0v) is 22.6. The first-order chi connectivity index (χ1) is 16.2. The number of hydrogen-bond donors (Lipinski definition) is 2. The summed E-state index contributed by atoms with van der Waals surface area (Å²) in [6.07, 6.45) is 0.677. The molecule has 0 aliphatic rings. The lowest BCUT2D eigenvalue weighted by Crippen LogP contribution is -2.31. The van der Waals surface area contributed by atoms with Crippen LogP contribution in [0.2, 0.25) is 5.02 Å². The van der Waals surface area contributed by atoms with Crippen LogP contribution in [0.5, 0.6) is 0 Å². The van der Waals surface area contributed by atoms with Gasteiger partial charge in [-0.05, 0) is 55.2 Å². The molecule has 1 heterocycles. The van der Waals surface area contributed by atoms with Gasteiger partial charge in [0.05, 0.1) is 22.4 Å². The molecule has 0 saturated carbocycles. The lowest BCUT2D eigenvalue weighted by atomic mass is 10.0. The fourth-order valence-corrected chi connectivity index (χ4v) is 4.84. The Labute approximate surface area is 217 Å². The lowest BCUT2D eigenvalue weighted by Gasteiger charge is -2.20. The van der Waals surface area contributed by atoms with Gasteiger partial charge in [0.25, 0.3) is 5.91 Å². The van der Waals surface area contributed by atoms with Crippen LogP contribution < -0.4 is 10.6 Å². The van der Waals surface area contributed by atoms with E-state index < -0.39 is 0 Å². The van der Waals surface area contributed by atoms with E-state index in [9.17, 15) is 9.59 Å². The SMILES string of the molecule is Cc1cc(Br)ccc1NC(=O)CSc1nnc([C@H](CC(C)C)NC(=O)c2ccccc2Cl)n1C. The summed E-state index contributed by atoms with van der Waals surface area (Å²) in [5, 5.41) is 15.6. The number of carbonyl (C=O) groups excluding carboxylic acids is 2. The van der Waals surface area contributed by atoms with E-state index in [2.05, 4.69) is 50.6 Å². The van der Waals surface area contributed by atoms with Crippen LogP contribution in [-0.4, -0.2) is 32.3 Å². The van der Waals surface area contributed by atoms with E-state index in [1.165, 1.54) is 11.8 Å². The molecule has 3 rings (SSSR count). The van der Waals surface area contributed by atoms with E-state index in [-0.39, 0.29) is 23.6 Å². The number of thioether (sulfide) groups is 1. The van der Waals surface area contributed by atoms with E-state index in [0.29, 0.717) is 33.9 Å². The third-order valence-electron chi connectivity index (χ3n) is 5.11. The van der Waals surface area contributed by atoms with Crippen molar-refractivity contribution in [2.24, 2.45) is 13.0 Å². The molecule has 0 aliphatic heterocycles. The number of hydrogen-bond acceptors (Lipinski definition) is 5. The van der Waals surface area contributed by atoms with Gasteiger partial charge in [0.2, 0.25) is 5.91 Å². The van der Waals surface area contributed by atoms with Crippen molar-refractivity contribution in [3.8, 4) is 0 Å². The standard InChI is InChI=1S/C24H27BrClN5O2S/c1-14(2)11-20(28-23(33)17-7-5-6-8-18(17)26)22-29-30-24(31(22)4)34-13-21(32)27-19-10-9-16(25)12-15(19)3/h5-10,12,14,20H,11,13H2,1-4H3,(H,27,32)(H,28,33)/t20-/m0/s1. The molecule has 1 atom stereocenters. The highest BCUT2D eigenvalue weighted by Gasteiger charge is 2.24. The minimum Gasteiger partial charge on any atom is -0.342 e. The molecule has 0 spiro atoms. The topological polar surface area (TPSA) is 88.9 Å². The highest BCUT2D eigenvalue weighted by molar-refractivity contribution is 9.10. The van der Waals surface area contributed by atoms with E-state index in [1.54, 1.807) is 24.3 Å². The number of anilines is 1. The van der Waals surface area contributed by atoms with Crippen molar-refractivity contribution in [2.45, 2.75) is 38.4 Å². The normalized spacial score (nSPS) is 12.0. The van der Waals surface area contributed by atoms with E-state index in [0.717, 1.165) is 15.7 Å². The maximum atomic E-state index is 12.9. The first-order valence-electron chi connectivity index (χ1n) is 10.8. The second-order valence-corrected chi connectivity index (χ2v) is 10.6. The molecule has 3 aromatic rings. The van der Waals surface area contributed by atoms with E-state index in [1.807, 2.05) is 36.7 Å². The second-order valence-electron chi connectivity index (χ2n) is 8.33. The highest BCUT2D eigenvalue weighted by atomic mass is 79.9. The van der Waals surface area contributed by atoms with Gasteiger partial charge in [-0.25, -0.2) is 0 Å². The summed E-state index contributed by atoms with van der Waals surface area (Å²) in [6.45, 7) is 6.10. The Morgan fingerprint density at radius 2 is 1.91 bits per heavy atom. The zero-order chi connectivity index (χ0) is 24.8. The number of aryl methyl sites for hydroxylation is 1. The summed E-state index contributed by atoms with van der Waals surface area (Å²) in [4.78, 5) is 25.4. The van der Waals surface area contributed by atoms with Crippen molar-refractivity contribution in [3.05, 3.63) is 68.9 Å². The average Bonchev–Trinajstić information content (AvgIpc) is 3.14. The quantitative estimate of drug-likeness (QED) is 0.321. The van der Waals surface area contributed by atoms with E-state index in [4.69, 9.17) is 11.6 Å². The largest absolute Gasteiger partial charge is 0.342 e. The first kappa shape index (κ1) is 26.2. The van der Waals surface area contributed by atoms with Gasteiger partial charge in [-0.1, -0.05) is 65.3 Å². The molecule has 0 bridgehead atoms. The van der Waals surface area contributed by atoms with Crippen molar-refractivity contribution in [1.29, 1.82) is 0 Å². The number of rotatable bonds is 9. The van der Waals surface area contributed by atoms with Crippen LogP contribution in [0.25, 0.3) is 0 Å². The van der Waals surface area contributed by atoms with E-state index >= 15 is 0 Å². The fraction of sp³-hybridized carbons (Fsp3) is 0.333. The molecule has 2 aromatic carbocycles. The Bertz CT molecular complexity index is 1180. The van der Waals surface area contributed by atoms with Gasteiger partial charge < -0.3 is 15.2 Å². The molecule has 0 unspecified atom stereocenters. The molecule has 10 heteroatoms. The number of halogens is 2. The molecule has 1 aromatic heterocycles. The molecule has 7 nitrogen and oxygen atoms in total. The van der Waals surface area contributed by atoms with Crippen molar-refractivity contribution in [2.75, 3.05) is 11.1 Å². The minimum absolute atomic E-state index is 0.134. The summed E-state index contributed by atoms with van der Waals surface area (Å²) < 4.78 is 2.78. The lowest BCUT2D eigenvalue weighted by molar-refractivity contribution is -0.113. The highest BCUT2D eigenvalue weighted by Crippen LogP contribution is 2.26. The third-order valence-corrected chi connectivity index (χ3v) is 6.95. The number of aromatic nitrogens is 3. The molecule has 34 heavy (non-hydrogen) atoms. The second kappa shape index (κ2) is 11.9. The summed E-state index contributed by atoms with van der Waals surface area (Å²) in [5.74, 6) is 0.718. The van der Waals surface area contributed by atoms with Crippen LogP contribution in [0.3, 0.4) is 0 Å². The molecule has 0 fully saturated rings. The summed E-state index contributed by atoms with van der Waals surface area (Å²) in [7, 11) is 1.84. The van der Waals surface area contributed by atoms with Gasteiger partial charge >= 0.3 is 0 Å². The monoisotopic (exact) mass is 563 g/mol. The molecule has 2 N–H and O–H groups in total. The maximum Gasteiger partial charge on any atom is 0.253 e. The van der Waals surface area contributed by atoms with Crippen LogP contribution in [-0.2, 0) is 11.8 Å². The molecule has 2 amide bonds. The van der Waals surface area contributed by atoms with Crippen LogP contribution in [0.4, 0.5) is 5.69 Å².